The fourth-order valence-corrected chi connectivity index (χ4v) is 2.21. The molecule has 0 bridgehead atoms. The van der Waals surface area contributed by atoms with Crippen molar-refractivity contribution in [1.29, 1.82) is 0 Å². The lowest BCUT2D eigenvalue weighted by Gasteiger charge is -2.19. The first-order valence-corrected chi connectivity index (χ1v) is 5.83. The number of nitrogens with two attached hydrogens (primary N) is 1. The van der Waals surface area contributed by atoms with Gasteiger partial charge in [-0.15, -0.1) is 0 Å². The normalized spacial score (nSPS) is 19.1. The van der Waals surface area contributed by atoms with Crippen molar-refractivity contribution in [1.82, 2.24) is 0 Å². The second-order valence-corrected chi connectivity index (χ2v) is 4.26. The summed E-state index contributed by atoms with van der Waals surface area (Å²) in [6.45, 7) is 0.728. The Labute approximate surface area is 106 Å². The van der Waals surface area contributed by atoms with Crippen molar-refractivity contribution < 1.29 is 14.3 Å². The molecule has 1 amide bonds. The summed E-state index contributed by atoms with van der Waals surface area (Å²) in [5.74, 6) is -0.782. The summed E-state index contributed by atoms with van der Waals surface area (Å²) in [6.07, 6.45) is 0.200. The summed E-state index contributed by atoms with van der Waals surface area (Å²) >= 11 is 0. The maximum Gasteiger partial charge on any atom is 0.311 e. The number of amides is 1. The van der Waals surface area contributed by atoms with E-state index in [0.29, 0.717) is 13.1 Å². The van der Waals surface area contributed by atoms with E-state index in [1.807, 2.05) is 24.3 Å². The molecule has 1 aliphatic rings. The van der Waals surface area contributed by atoms with E-state index in [-0.39, 0.29) is 24.2 Å². The van der Waals surface area contributed by atoms with Gasteiger partial charge in [-0.3, -0.25) is 9.59 Å². The number of ether oxygens (including phenoxy) is 1. The molecule has 1 heterocycles. The molecule has 5 heteroatoms. The molecular formula is C13H16N2O3. The molecule has 1 unspecified atom stereocenters. The highest BCUT2D eigenvalue weighted by molar-refractivity contribution is 6.00. The van der Waals surface area contributed by atoms with Crippen LogP contribution in [0.4, 0.5) is 5.69 Å². The number of hydrogen-bond donors (Lipinski definition) is 1. The Kier molecular flexibility index (Phi) is 3.62. The highest BCUT2D eigenvalue weighted by atomic mass is 16.5. The third-order valence-corrected chi connectivity index (χ3v) is 3.16. The Morgan fingerprint density at radius 3 is 2.89 bits per heavy atom. The monoisotopic (exact) mass is 248 g/mol. The molecule has 96 valence electrons. The topological polar surface area (TPSA) is 72.6 Å². The summed E-state index contributed by atoms with van der Waals surface area (Å²) in [7, 11) is 1.34. The molecule has 1 aromatic rings. The van der Waals surface area contributed by atoms with E-state index in [9.17, 15) is 9.59 Å². The van der Waals surface area contributed by atoms with E-state index < -0.39 is 0 Å². The van der Waals surface area contributed by atoms with Gasteiger partial charge >= 0.3 is 5.97 Å². The van der Waals surface area contributed by atoms with Crippen molar-refractivity contribution in [3.63, 3.8) is 0 Å². The molecule has 18 heavy (non-hydrogen) atoms. The van der Waals surface area contributed by atoms with Crippen LogP contribution in [-0.4, -0.2) is 25.5 Å². The summed E-state index contributed by atoms with van der Waals surface area (Å²) in [6, 6.07) is 7.46. The van der Waals surface area contributed by atoms with Crippen molar-refractivity contribution in [2.75, 3.05) is 18.6 Å². The lowest BCUT2D eigenvalue weighted by atomic mass is 10.1. The van der Waals surface area contributed by atoms with Crippen LogP contribution in [0.1, 0.15) is 12.0 Å². The molecule has 0 aliphatic carbocycles. The van der Waals surface area contributed by atoms with E-state index in [1.54, 1.807) is 4.90 Å². The van der Waals surface area contributed by atoms with Gasteiger partial charge in [-0.2, -0.15) is 0 Å². The lowest BCUT2D eigenvalue weighted by Crippen LogP contribution is -2.27. The molecule has 1 atom stereocenters. The number of benzene rings is 1. The van der Waals surface area contributed by atoms with Crippen LogP contribution in [-0.2, 0) is 20.9 Å². The van der Waals surface area contributed by atoms with E-state index in [4.69, 9.17) is 5.73 Å². The number of carbonyl (C=O) groups is 2. The number of anilines is 1. The summed E-state index contributed by atoms with van der Waals surface area (Å²) < 4.78 is 4.68. The molecule has 1 saturated heterocycles. The van der Waals surface area contributed by atoms with Crippen molar-refractivity contribution in [3.8, 4) is 0 Å². The quantitative estimate of drug-likeness (QED) is 0.798. The van der Waals surface area contributed by atoms with Crippen molar-refractivity contribution in [3.05, 3.63) is 29.8 Å². The number of esters is 1. The van der Waals surface area contributed by atoms with E-state index in [1.165, 1.54) is 7.11 Å². The van der Waals surface area contributed by atoms with Crippen LogP contribution in [0.15, 0.2) is 24.3 Å². The fourth-order valence-electron chi connectivity index (χ4n) is 2.21. The van der Waals surface area contributed by atoms with Gasteiger partial charge in [0.1, 0.15) is 0 Å². The summed E-state index contributed by atoms with van der Waals surface area (Å²) in [5.41, 5.74) is 7.34. The largest absolute Gasteiger partial charge is 0.469 e. The summed E-state index contributed by atoms with van der Waals surface area (Å²) in [4.78, 5) is 25.0. The first kappa shape index (κ1) is 12.6. The maximum atomic E-state index is 12.0. The van der Waals surface area contributed by atoms with Crippen LogP contribution in [0.3, 0.4) is 0 Å². The van der Waals surface area contributed by atoms with Gasteiger partial charge in [0.05, 0.1) is 13.0 Å². The average Bonchev–Trinajstić information content (AvgIpc) is 2.79. The minimum Gasteiger partial charge on any atom is -0.469 e. The zero-order valence-corrected chi connectivity index (χ0v) is 10.3. The third-order valence-electron chi connectivity index (χ3n) is 3.16. The Hall–Kier alpha value is -1.88. The van der Waals surface area contributed by atoms with Crippen LogP contribution in [0.5, 0.6) is 0 Å². The van der Waals surface area contributed by atoms with Crippen molar-refractivity contribution >= 4 is 17.6 Å². The van der Waals surface area contributed by atoms with Gasteiger partial charge in [0.2, 0.25) is 5.91 Å². The smallest absolute Gasteiger partial charge is 0.311 e. The third kappa shape index (κ3) is 2.22. The van der Waals surface area contributed by atoms with Gasteiger partial charge in [-0.1, -0.05) is 18.2 Å². The Morgan fingerprint density at radius 2 is 2.22 bits per heavy atom. The highest BCUT2D eigenvalue weighted by Crippen LogP contribution is 2.28. The standard InChI is InChI=1S/C13H16N2O3/c1-18-13(17)10-6-12(16)15(8-10)11-5-3-2-4-9(11)7-14/h2-5,10H,6-8,14H2,1H3. The summed E-state index contributed by atoms with van der Waals surface area (Å²) in [5, 5.41) is 0. The number of para-hydroxylation sites is 1. The minimum absolute atomic E-state index is 0.0636. The van der Waals surface area contributed by atoms with Crippen LogP contribution < -0.4 is 10.6 Å². The highest BCUT2D eigenvalue weighted by Gasteiger charge is 2.36. The number of nitrogens with zero attached hydrogens (tertiary/aromatic N) is 1. The van der Waals surface area contributed by atoms with Crippen LogP contribution in [0.25, 0.3) is 0 Å². The zero-order valence-electron chi connectivity index (χ0n) is 10.3. The van der Waals surface area contributed by atoms with Gasteiger partial charge in [-0.05, 0) is 11.6 Å². The predicted molar refractivity (Wildman–Crippen MR) is 66.8 cm³/mol. The molecular weight excluding hydrogens is 232 g/mol. The van der Waals surface area contributed by atoms with Gasteiger partial charge in [-0.25, -0.2) is 0 Å². The molecule has 0 aromatic heterocycles. The molecule has 0 radical (unpaired) electrons. The number of methoxy groups -OCH3 is 1. The van der Waals surface area contributed by atoms with Crippen LogP contribution >= 0.6 is 0 Å². The molecule has 1 fully saturated rings. The van der Waals surface area contributed by atoms with Crippen molar-refractivity contribution in [2.45, 2.75) is 13.0 Å². The molecule has 5 nitrogen and oxygen atoms in total. The van der Waals surface area contributed by atoms with Gasteiger partial charge < -0.3 is 15.4 Å². The minimum atomic E-state index is -0.381. The second kappa shape index (κ2) is 5.18. The van der Waals surface area contributed by atoms with Gasteiger partial charge in [0.15, 0.2) is 0 Å². The van der Waals surface area contributed by atoms with E-state index in [2.05, 4.69) is 4.74 Å². The molecule has 0 spiro atoms. The number of hydrogen-bond acceptors (Lipinski definition) is 4. The molecule has 2 rings (SSSR count). The Morgan fingerprint density at radius 1 is 1.50 bits per heavy atom. The molecule has 1 aromatic carbocycles. The SMILES string of the molecule is COC(=O)C1CC(=O)N(c2ccccc2CN)C1. The number of rotatable bonds is 3. The lowest BCUT2D eigenvalue weighted by molar-refractivity contribution is -0.145. The number of carbonyl (C=O) groups excluding carboxylic acids is 2. The van der Waals surface area contributed by atoms with Crippen LogP contribution in [0.2, 0.25) is 0 Å². The van der Waals surface area contributed by atoms with E-state index >= 15 is 0 Å². The molecule has 2 N–H and O–H groups in total. The second-order valence-electron chi connectivity index (χ2n) is 4.26. The fraction of sp³-hybridized carbons (Fsp3) is 0.385. The first-order valence-electron chi connectivity index (χ1n) is 5.83. The first-order chi connectivity index (χ1) is 8.67. The predicted octanol–water partition coefficient (Wildman–Crippen LogP) is 0.671. The van der Waals surface area contributed by atoms with E-state index in [0.717, 1.165) is 11.3 Å². The Balaban J connectivity index is 2.24. The zero-order chi connectivity index (χ0) is 13.1. The van der Waals surface area contributed by atoms with Gasteiger partial charge in [0.25, 0.3) is 0 Å². The Bertz CT molecular complexity index is 473. The average molecular weight is 248 g/mol. The molecule has 0 saturated carbocycles. The van der Waals surface area contributed by atoms with Gasteiger partial charge in [0, 0.05) is 25.2 Å². The maximum absolute atomic E-state index is 12.0. The van der Waals surface area contributed by atoms with Crippen molar-refractivity contribution in [2.24, 2.45) is 11.7 Å². The van der Waals surface area contributed by atoms with Crippen LogP contribution in [0, 0.1) is 5.92 Å². The molecule has 1 aliphatic heterocycles.